The van der Waals surface area contributed by atoms with Crippen molar-refractivity contribution in [3.8, 4) is 0 Å². The van der Waals surface area contributed by atoms with Gasteiger partial charge in [0, 0.05) is 16.5 Å². The van der Waals surface area contributed by atoms with E-state index in [0.29, 0.717) is 17.6 Å². The lowest BCUT2D eigenvalue weighted by atomic mass is 10.1. The summed E-state index contributed by atoms with van der Waals surface area (Å²) in [7, 11) is 0. The summed E-state index contributed by atoms with van der Waals surface area (Å²) < 4.78 is 5.31. The Morgan fingerprint density at radius 3 is 3.07 bits per heavy atom. The number of benzene rings is 1. The minimum Gasteiger partial charge on any atom is -0.453 e. The van der Waals surface area contributed by atoms with Gasteiger partial charge in [-0.05, 0) is 25.1 Å². The lowest BCUT2D eigenvalue weighted by Crippen LogP contribution is -1.70. The summed E-state index contributed by atoms with van der Waals surface area (Å²) in [5.41, 5.74) is 2.55. The zero-order valence-electron chi connectivity index (χ0n) is 8.07. The number of aromatic amines is 1. The molecular formula is C11H8N2O2. The largest absolute Gasteiger partial charge is 0.453 e. The van der Waals surface area contributed by atoms with Gasteiger partial charge >= 0.3 is 0 Å². The Morgan fingerprint density at radius 1 is 1.40 bits per heavy atom. The normalized spacial score (nSPS) is 11.3. The smallest absolute Gasteiger partial charge is 0.185 e. The van der Waals surface area contributed by atoms with Gasteiger partial charge in [-0.25, -0.2) is 0 Å². The van der Waals surface area contributed by atoms with Crippen LogP contribution >= 0.6 is 0 Å². The Hall–Kier alpha value is -2.10. The second-order valence-electron chi connectivity index (χ2n) is 3.49. The molecule has 0 aliphatic carbocycles. The number of hydrogen-bond donors (Lipinski definition) is 1. The summed E-state index contributed by atoms with van der Waals surface area (Å²) >= 11 is 0. The summed E-state index contributed by atoms with van der Waals surface area (Å²) in [5, 5.41) is 9.04. The van der Waals surface area contributed by atoms with E-state index in [1.807, 2.05) is 19.1 Å². The SMILES string of the molecule is Cc1[nH]nc2c1ccc1oc(C=O)cc12. The van der Waals surface area contributed by atoms with Crippen LogP contribution in [0.15, 0.2) is 22.6 Å². The van der Waals surface area contributed by atoms with Gasteiger partial charge in [-0.15, -0.1) is 0 Å². The molecule has 0 fully saturated rings. The summed E-state index contributed by atoms with van der Waals surface area (Å²) in [5.74, 6) is 0.332. The molecule has 3 rings (SSSR count). The van der Waals surface area contributed by atoms with E-state index in [2.05, 4.69) is 10.2 Å². The number of nitrogens with zero attached hydrogens (tertiary/aromatic N) is 1. The van der Waals surface area contributed by atoms with E-state index < -0.39 is 0 Å². The van der Waals surface area contributed by atoms with Crippen molar-refractivity contribution in [1.82, 2.24) is 10.2 Å². The Bertz CT molecular complexity index is 664. The van der Waals surface area contributed by atoms with Crippen molar-refractivity contribution in [3.05, 3.63) is 29.7 Å². The predicted octanol–water partition coefficient (Wildman–Crippen LogP) is 2.43. The van der Waals surface area contributed by atoms with E-state index >= 15 is 0 Å². The molecule has 15 heavy (non-hydrogen) atoms. The van der Waals surface area contributed by atoms with Gasteiger partial charge in [0.1, 0.15) is 11.1 Å². The number of rotatable bonds is 1. The van der Waals surface area contributed by atoms with Crippen LogP contribution in [-0.2, 0) is 0 Å². The van der Waals surface area contributed by atoms with Crippen molar-refractivity contribution in [3.63, 3.8) is 0 Å². The third kappa shape index (κ3) is 1.01. The maximum Gasteiger partial charge on any atom is 0.185 e. The number of furan rings is 1. The Kier molecular flexibility index (Phi) is 1.48. The zero-order valence-corrected chi connectivity index (χ0v) is 8.07. The van der Waals surface area contributed by atoms with E-state index in [1.165, 1.54) is 0 Å². The molecule has 4 heteroatoms. The second-order valence-corrected chi connectivity index (χ2v) is 3.49. The molecule has 2 aromatic heterocycles. The molecule has 0 aliphatic rings. The first kappa shape index (κ1) is 8.23. The number of carbonyl (C=O) groups excluding carboxylic acids is 1. The first-order chi connectivity index (χ1) is 7.29. The highest BCUT2D eigenvalue weighted by atomic mass is 16.3. The maximum absolute atomic E-state index is 10.6. The van der Waals surface area contributed by atoms with Crippen molar-refractivity contribution < 1.29 is 9.21 Å². The fourth-order valence-electron chi connectivity index (χ4n) is 1.80. The van der Waals surface area contributed by atoms with Crippen LogP contribution in [0.2, 0.25) is 0 Å². The standard InChI is InChI=1S/C11H8N2O2/c1-6-8-2-3-10-9(11(8)13-12-6)4-7(5-14)15-10/h2-5H,1H3,(H,12,13). The monoisotopic (exact) mass is 200 g/mol. The summed E-state index contributed by atoms with van der Waals surface area (Å²) in [6, 6.07) is 5.51. The van der Waals surface area contributed by atoms with E-state index in [0.717, 1.165) is 22.0 Å². The number of H-pyrrole nitrogens is 1. The number of carbonyl (C=O) groups is 1. The Morgan fingerprint density at radius 2 is 2.27 bits per heavy atom. The van der Waals surface area contributed by atoms with Crippen molar-refractivity contribution in [2.24, 2.45) is 0 Å². The number of aryl methyl sites for hydroxylation is 1. The van der Waals surface area contributed by atoms with Crippen LogP contribution in [0, 0.1) is 6.92 Å². The first-order valence-electron chi connectivity index (χ1n) is 4.62. The van der Waals surface area contributed by atoms with Crippen LogP contribution in [0.25, 0.3) is 21.9 Å². The summed E-state index contributed by atoms with van der Waals surface area (Å²) in [6.07, 6.45) is 0.700. The Labute approximate surface area is 84.9 Å². The second kappa shape index (κ2) is 2.70. The van der Waals surface area contributed by atoms with Crippen LogP contribution in [-0.4, -0.2) is 16.5 Å². The molecule has 0 saturated carbocycles. The van der Waals surface area contributed by atoms with Crippen LogP contribution < -0.4 is 0 Å². The lowest BCUT2D eigenvalue weighted by Gasteiger charge is -1.89. The molecule has 74 valence electrons. The van der Waals surface area contributed by atoms with Crippen molar-refractivity contribution in [2.45, 2.75) is 6.92 Å². The predicted molar refractivity (Wildman–Crippen MR) is 56.0 cm³/mol. The van der Waals surface area contributed by atoms with Crippen molar-refractivity contribution >= 4 is 28.2 Å². The quantitative estimate of drug-likeness (QED) is 0.613. The third-order valence-corrected chi connectivity index (χ3v) is 2.55. The van der Waals surface area contributed by atoms with Gasteiger partial charge in [0.25, 0.3) is 0 Å². The van der Waals surface area contributed by atoms with Crippen LogP contribution in [0.4, 0.5) is 0 Å². The average molecular weight is 200 g/mol. The summed E-state index contributed by atoms with van der Waals surface area (Å²) in [6.45, 7) is 1.96. The lowest BCUT2D eigenvalue weighted by molar-refractivity contribution is 0.110. The van der Waals surface area contributed by atoms with Crippen LogP contribution in [0.3, 0.4) is 0 Å². The molecule has 0 aliphatic heterocycles. The number of fused-ring (bicyclic) bond motifs is 3. The number of hydrogen-bond acceptors (Lipinski definition) is 3. The topological polar surface area (TPSA) is 58.9 Å². The van der Waals surface area contributed by atoms with Gasteiger partial charge < -0.3 is 4.42 Å². The fourth-order valence-corrected chi connectivity index (χ4v) is 1.80. The van der Waals surface area contributed by atoms with Gasteiger partial charge in [0.05, 0.1) is 0 Å². The van der Waals surface area contributed by atoms with E-state index in [-0.39, 0.29) is 0 Å². The highest BCUT2D eigenvalue weighted by Crippen LogP contribution is 2.27. The minimum atomic E-state index is 0.332. The molecule has 0 atom stereocenters. The highest BCUT2D eigenvalue weighted by molar-refractivity contribution is 6.05. The van der Waals surface area contributed by atoms with Crippen LogP contribution in [0.1, 0.15) is 16.2 Å². The van der Waals surface area contributed by atoms with E-state index in [4.69, 9.17) is 4.42 Å². The zero-order chi connectivity index (χ0) is 10.4. The molecule has 4 nitrogen and oxygen atoms in total. The molecule has 0 bridgehead atoms. The fraction of sp³-hybridized carbons (Fsp3) is 0.0909. The first-order valence-corrected chi connectivity index (χ1v) is 4.62. The molecule has 3 aromatic rings. The summed E-state index contributed by atoms with van der Waals surface area (Å²) in [4.78, 5) is 10.6. The minimum absolute atomic E-state index is 0.332. The van der Waals surface area contributed by atoms with Crippen molar-refractivity contribution in [2.75, 3.05) is 0 Å². The molecule has 0 radical (unpaired) electrons. The van der Waals surface area contributed by atoms with Gasteiger partial charge in [0.15, 0.2) is 12.0 Å². The van der Waals surface area contributed by atoms with Crippen LogP contribution in [0.5, 0.6) is 0 Å². The van der Waals surface area contributed by atoms with E-state index in [9.17, 15) is 4.79 Å². The highest BCUT2D eigenvalue weighted by Gasteiger charge is 2.10. The van der Waals surface area contributed by atoms with Gasteiger partial charge in [-0.2, -0.15) is 5.10 Å². The third-order valence-electron chi connectivity index (χ3n) is 2.55. The van der Waals surface area contributed by atoms with Gasteiger partial charge in [-0.3, -0.25) is 9.89 Å². The van der Waals surface area contributed by atoms with Gasteiger partial charge in [-0.1, -0.05) is 0 Å². The molecular weight excluding hydrogens is 192 g/mol. The molecule has 0 amide bonds. The maximum atomic E-state index is 10.6. The number of nitrogens with one attached hydrogen (secondary N) is 1. The molecule has 1 aromatic carbocycles. The molecule has 0 saturated heterocycles. The number of aromatic nitrogens is 2. The molecule has 1 N–H and O–H groups in total. The van der Waals surface area contributed by atoms with Crippen molar-refractivity contribution in [1.29, 1.82) is 0 Å². The average Bonchev–Trinajstić information content (AvgIpc) is 2.81. The molecule has 0 spiro atoms. The molecule has 2 heterocycles. The van der Waals surface area contributed by atoms with E-state index in [1.54, 1.807) is 6.07 Å². The Balaban J connectivity index is 2.52. The van der Waals surface area contributed by atoms with Gasteiger partial charge in [0.2, 0.25) is 0 Å². The number of aldehydes is 1. The molecule has 0 unspecified atom stereocenters.